The minimum absolute atomic E-state index is 0.195. The van der Waals surface area contributed by atoms with Crippen molar-refractivity contribution in [2.24, 2.45) is 12.8 Å². The first-order valence-electron chi connectivity index (χ1n) is 5.15. The Morgan fingerprint density at radius 3 is 2.75 bits per heavy atom. The molecule has 1 aromatic heterocycles. The van der Waals surface area contributed by atoms with Gasteiger partial charge in [-0.2, -0.15) is 0 Å². The van der Waals surface area contributed by atoms with Crippen LogP contribution in [0.3, 0.4) is 0 Å². The Labute approximate surface area is 93.7 Å². The topological polar surface area (TPSA) is 43.8 Å². The molecule has 4 heteroatoms. The van der Waals surface area contributed by atoms with Crippen LogP contribution in [-0.2, 0) is 20.0 Å². The van der Waals surface area contributed by atoms with E-state index in [1.165, 1.54) is 6.07 Å². The maximum atomic E-state index is 13.4. The van der Waals surface area contributed by atoms with Gasteiger partial charge >= 0.3 is 0 Å². The lowest BCUT2D eigenvalue weighted by molar-refractivity contribution is 0.610. The number of nitrogens with two attached hydrogens (primary N) is 1. The van der Waals surface area contributed by atoms with E-state index in [1.807, 2.05) is 17.7 Å². The molecule has 84 valence electrons. The molecule has 1 aromatic carbocycles. The molecule has 2 N–H and O–H groups in total. The second-order valence-corrected chi connectivity index (χ2v) is 3.70. The summed E-state index contributed by atoms with van der Waals surface area (Å²) in [5.74, 6) is 0.630. The van der Waals surface area contributed by atoms with Gasteiger partial charge < -0.3 is 10.3 Å². The molecule has 0 spiro atoms. The summed E-state index contributed by atoms with van der Waals surface area (Å²) in [6.45, 7) is 0.445. The Morgan fingerprint density at radius 2 is 2.12 bits per heavy atom. The molecular formula is C12H14FN3. The summed E-state index contributed by atoms with van der Waals surface area (Å²) < 4.78 is 15.3. The van der Waals surface area contributed by atoms with Crippen LogP contribution in [0.5, 0.6) is 0 Å². The largest absolute Gasteiger partial charge is 0.334 e. The minimum Gasteiger partial charge on any atom is -0.334 e. The maximum absolute atomic E-state index is 13.4. The summed E-state index contributed by atoms with van der Waals surface area (Å²) in [6.07, 6.45) is 2.22. The van der Waals surface area contributed by atoms with Crippen LogP contribution < -0.4 is 5.73 Å². The molecule has 0 bridgehead atoms. The third-order valence-corrected chi connectivity index (χ3v) is 2.70. The van der Waals surface area contributed by atoms with Crippen molar-refractivity contribution in [2.45, 2.75) is 13.0 Å². The third kappa shape index (κ3) is 1.97. The molecule has 2 aromatic rings. The lowest BCUT2D eigenvalue weighted by Gasteiger charge is -2.05. The van der Waals surface area contributed by atoms with Gasteiger partial charge in [0.1, 0.15) is 11.6 Å². The molecule has 0 atom stereocenters. The second kappa shape index (κ2) is 4.45. The van der Waals surface area contributed by atoms with Crippen LogP contribution in [0.25, 0.3) is 0 Å². The van der Waals surface area contributed by atoms with Crippen molar-refractivity contribution in [1.29, 1.82) is 0 Å². The van der Waals surface area contributed by atoms with Gasteiger partial charge in [0.15, 0.2) is 0 Å². The SMILES string of the molecule is Cn1c(CN)cnc1Cc1ccccc1F. The van der Waals surface area contributed by atoms with Crippen LogP contribution in [0.2, 0.25) is 0 Å². The van der Waals surface area contributed by atoms with Crippen molar-refractivity contribution < 1.29 is 4.39 Å². The van der Waals surface area contributed by atoms with E-state index >= 15 is 0 Å². The number of aromatic nitrogens is 2. The van der Waals surface area contributed by atoms with E-state index in [0.717, 1.165) is 11.5 Å². The first-order valence-corrected chi connectivity index (χ1v) is 5.15. The molecule has 0 aliphatic rings. The average Bonchev–Trinajstić information content (AvgIpc) is 2.63. The number of hydrogen-bond acceptors (Lipinski definition) is 2. The highest BCUT2D eigenvalue weighted by Crippen LogP contribution is 2.12. The molecule has 16 heavy (non-hydrogen) atoms. The lowest BCUT2D eigenvalue weighted by Crippen LogP contribution is -2.07. The predicted octanol–water partition coefficient (Wildman–Crippen LogP) is 1.61. The Balaban J connectivity index is 2.27. The summed E-state index contributed by atoms with van der Waals surface area (Å²) in [7, 11) is 1.89. The maximum Gasteiger partial charge on any atom is 0.126 e. The Kier molecular flexibility index (Phi) is 3.01. The molecular weight excluding hydrogens is 205 g/mol. The number of hydrogen-bond donors (Lipinski definition) is 1. The highest BCUT2D eigenvalue weighted by molar-refractivity contribution is 5.22. The van der Waals surface area contributed by atoms with Gasteiger partial charge in [0.05, 0.1) is 5.69 Å². The fraction of sp³-hybridized carbons (Fsp3) is 0.250. The number of nitrogens with zero attached hydrogens (tertiary/aromatic N) is 2. The number of rotatable bonds is 3. The van der Waals surface area contributed by atoms with Crippen LogP contribution in [0.15, 0.2) is 30.5 Å². The summed E-state index contributed by atoms with van der Waals surface area (Å²) in [5.41, 5.74) is 7.16. The predicted molar refractivity (Wildman–Crippen MR) is 60.3 cm³/mol. The molecule has 0 saturated heterocycles. The summed E-state index contributed by atoms with van der Waals surface area (Å²) in [4.78, 5) is 4.24. The normalized spacial score (nSPS) is 10.7. The van der Waals surface area contributed by atoms with Crippen molar-refractivity contribution in [3.63, 3.8) is 0 Å². The minimum atomic E-state index is -0.195. The number of benzene rings is 1. The summed E-state index contributed by atoms with van der Waals surface area (Å²) in [6, 6.07) is 6.74. The molecule has 0 fully saturated rings. The van der Waals surface area contributed by atoms with E-state index in [-0.39, 0.29) is 5.82 Å². The molecule has 0 aliphatic carbocycles. The summed E-state index contributed by atoms with van der Waals surface area (Å²) >= 11 is 0. The molecule has 1 heterocycles. The molecule has 0 amide bonds. The zero-order chi connectivity index (χ0) is 11.5. The fourth-order valence-electron chi connectivity index (χ4n) is 1.65. The molecule has 0 saturated carbocycles. The molecule has 3 nitrogen and oxygen atoms in total. The van der Waals surface area contributed by atoms with Crippen molar-refractivity contribution in [2.75, 3.05) is 0 Å². The van der Waals surface area contributed by atoms with E-state index in [9.17, 15) is 4.39 Å². The highest BCUT2D eigenvalue weighted by atomic mass is 19.1. The molecule has 0 aliphatic heterocycles. The first-order chi connectivity index (χ1) is 7.72. The van der Waals surface area contributed by atoms with Gasteiger partial charge in [-0.3, -0.25) is 0 Å². The van der Waals surface area contributed by atoms with Crippen LogP contribution in [0.4, 0.5) is 4.39 Å². The van der Waals surface area contributed by atoms with Gasteiger partial charge in [0.25, 0.3) is 0 Å². The van der Waals surface area contributed by atoms with Crippen LogP contribution >= 0.6 is 0 Å². The fourth-order valence-corrected chi connectivity index (χ4v) is 1.65. The van der Waals surface area contributed by atoms with Gasteiger partial charge in [0.2, 0.25) is 0 Å². The number of imidazole rings is 1. The zero-order valence-corrected chi connectivity index (χ0v) is 9.15. The van der Waals surface area contributed by atoms with E-state index < -0.39 is 0 Å². The number of halogens is 1. The summed E-state index contributed by atoms with van der Waals surface area (Å²) in [5, 5.41) is 0. The van der Waals surface area contributed by atoms with Gasteiger partial charge in [-0.05, 0) is 11.6 Å². The van der Waals surface area contributed by atoms with Gasteiger partial charge in [-0.15, -0.1) is 0 Å². The average molecular weight is 219 g/mol. The Hall–Kier alpha value is -1.68. The molecule has 0 unspecified atom stereocenters. The monoisotopic (exact) mass is 219 g/mol. The van der Waals surface area contributed by atoms with Crippen molar-refractivity contribution in [3.05, 3.63) is 53.4 Å². The van der Waals surface area contributed by atoms with Crippen LogP contribution in [-0.4, -0.2) is 9.55 Å². The van der Waals surface area contributed by atoms with Gasteiger partial charge in [0, 0.05) is 26.2 Å². The standard InChI is InChI=1S/C12H14FN3/c1-16-10(7-14)8-15-12(16)6-9-4-2-3-5-11(9)13/h2-5,8H,6-7,14H2,1H3. The van der Waals surface area contributed by atoms with Crippen molar-refractivity contribution >= 4 is 0 Å². The Bertz CT molecular complexity index is 491. The van der Waals surface area contributed by atoms with E-state index in [2.05, 4.69) is 4.98 Å². The lowest BCUT2D eigenvalue weighted by atomic mass is 10.1. The molecule has 0 radical (unpaired) electrons. The van der Waals surface area contributed by atoms with Gasteiger partial charge in [-0.1, -0.05) is 18.2 Å². The smallest absolute Gasteiger partial charge is 0.126 e. The van der Waals surface area contributed by atoms with Crippen molar-refractivity contribution in [1.82, 2.24) is 9.55 Å². The second-order valence-electron chi connectivity index (χ2n) is 3.70. The quantitative estimate of drug-likeness (QED) is 0.852. The zero-order valence-electron chi connectivity index (χ0n) is 9.15. The van der Waals surface area contributed by atoms with Crippen molar-refractivity contribution in [3.8, 4) is 0 Å². The Morgan fingerprint density at radius 1 is 1.38 bits per heavy atom. The van der Waals surface area contributed by atoms with Crippen LogP contribution in [0.1, 0.15) is 17.1 Å². The van der Waals surface area contributed by atoms with E-state index in [4.69, 9.17) is 5.73 Å². The third-order valence-electron chi connectivity index (χ3n) is 2.70. The molecule has 2 rings (SSSR count). The van der Waals surface area contributed by atoms with E-state index in [1.54, 1.807) is 18.3 Å². The highest BCUT2D eigenvalue weighted by Gasteiger charge is 2.08. The van der Waals surface area contributed by atoms with E-state index in [0.29, 0.717) is 18.5 Å². The van der Waals surface area contributed by atoms with Crippen LogP contribution in [0, 0.1) is 5.82 Å². The first kappa shape index (κ1) is 10.8. The van der Waals surface area contributed by atoms with Gasteiger partial charge in [-0.25, -0.2) is 9.37 Å².